The van der Waals surface area contributed by atoms with Crippen LogP contribution in [0.25, 0.3) is 22.5 Å². The van der Waals surface area contributed by atoms with E-state index in [1.165, 1.54) is 0 Å². The first-order valence-electron chi connectivity index (χ1n) is 13.0. The van der Waals surface area contributed by atoms with Crippen LogP contribution in [-0.4, -0.2) is 39.2 Å². The molecule has 0 unspecified atom stereocenters. The van der Waals surface area contributed by atoms with E-state index in [0.717, 1.165) is 16.9 Å². The van der Waals surface area contributed by atoms with E-state index in [4.69, 9.17) is 37.6 Å². The molecule has 2 aromatic heterocycles. The summed E-state index contributed by atoms with van der Waals surface area (Å²) in [5, 5.41) is 13.3. The molecule has 0 saturated carbocycles. The molecule has 1 aliphatic heterocycles. The Morgan fingerprint density at radius 2 is 1.93 bits per heavy atom. The summed E-state index contributed by atoms with van der Waals surface area (Å²) in [5.41, 5.74) is 3.50. The molecule has 0 fully saturated rings. The number of nitrogens with one attached hydrogen (secondary N) is 1. The molecule has 0 bridgehead atoms. The molecule has 10 heteroatoms. The fourth-order valence-corrected chi connectivity index (χ4v) is 5.48. The molecular weight excluding hydrogens is 551 g/mol. The van der Waals surface area contributed by atoms with E-state index in [2.05, 4.69) is 10.5 Å². The molecule has 4 aromatic rings. The highest BCUT2D eigenvalue weighted by Crippen LogP contribution is 2.39. The summed E-state index contributed by atoms with van der Waals surface area (Å²) >= 11 is 12.3. The first kappa shape index (κ1) is 27.9. The van der Waals surface area contributed by atoms with Gasteiger partial charge in [-0.15, -0.1) is 0 Å². The molecule has 0 atom stereocenters. The minimum atomic E-state index is -0.360. The highest BCUT2D eigenvalue weighted by atomic mass is 35.5. The van der Waals surface area contributed by atoms with Crippen LogP contribution in [0.5, 0.6) is 5.75 Å². The third-order valence-electron chi connectivity index (χ3n) is 6.82. The monoisotopic (exact) mass is 580 g/mol. The Labute approximate surface area is 242 Å². The van der Waals surface area contributed by atoms with Crippen LogP contribution in [-0.2, 0) is 17.6 Å². The number of hydrogen-bond donors (Lipinski definition) is 1. The van der Waals surface area contributed by atoms with Crippen molar-refractivity contribution in [3.63, 3.8) is 0 Å². The van der Waals surface area contributed by atoms with Crippen LogP contribution in [0.15, 0.2) is 47.0 Å². The number of methoxy groups -OCH3 is 1. The molecule has 5 rings (SSSR count). The number of rotatable bonds is 8. The quantitative estimate of drug-likeness (QED) is 0.234. The highest BCUT2D eigenvalue weighted by molar-refractivity contribution is 6.36. The van der Waals surface area contributed by atoms with Gasteiger partial charge >= 0.3 is 0 Å². The summed E-state index contributed by atoms with van der Waals surface area (Å²) in [4.78, 5) is 26.2. The van der Waals surface area contributed by atoms with Gasteiger partial charge in [-0.25, -0.2) is 4.68 Å². The molecule has 1 aliphatic rings. The van der Waals surface area contributed by atoms with Gasteiger partial charge in [0.05, 0.1) is 24.1 Å². The van der Waals surface area contributed by atoms with Gasteiger partial charge in [-0.3, -0.25) is 9.59 Å². The number of carbonyl (C=O) groups is 2. The minimum absolute atomic E-state index is 0.0465. The lowest BCUT2D eigenvalue weighted by molar-refractivity contribution is -0.118. The zero-order valence-corrected chi connectivity index (χ0v) is 24.5. The van der Waals surface area contributed by atoms with E-state index in [1.54, 1.807) is 31.4 Å². The average Bonchev–Trinajstić information content (AvgIpc) is 3.48. The van der Waals surface area contributed by atoms with E-state index in [1.807, 2.05) is 50.6 Å². The summed E-state index contributed by atoms with van der Waals surface area (Å²) in [6.45, 7) is 8.07. The van der Waals surface area contributed by atoms with Gasteiger partial charge in [0.25, 0.3) is 0 Å². The number of hydrogen-bond acceptors (Lipinski definition) is 7. The van der Waals surface area contributed by atoms with Crippen molar-refractivity contribution in [2.45, 2.75) is 58.5 Å². The van der Waals surface area contributed by atoms with Crippen molar-refractivity contribution in [3.8, 4) is 28.3 Å². The fraction of sp³-hybridized carbons (Fsp3) is 0.333. The number of ether oxygens (including phenoxy) is 1. The van der Waals surface area contributed by atoms with Crippen molar-refractivity contribution in [3.05, 3.63) is 69.4 Å². The molecular formula is C30H30Cl2N4O4. The zero-order valence-electron chi connectivity index (χ0n) is 23.0. The summed E-state index contributed by atoms with van der Waals surface area (Å²) in [6, 6.07) is 12.4. The van der Waals surface area contributed by atoms with E-state index in [-0.39, 0.29) is 36.0 Å². The average molecular weight is 582 g/mol. The Hall–Kier alpha value is -3.62. The largest absolute Gasteiger partial charge is 0.496 e. The van der Waals surface area contributed by atoms with E-state index in [0.29, 0.717) is 50.5 Å². The van der Waals surface area contributed by atoms with Gasteiger partial charge in [0, 0.05) is 52.2 Å². The molecule has 0 spiro atoms. The van der Waals surface area contributed by atoms with E-state index >= 15 is 0 Å². The second-order valence-electron chi connectivity index (χ2n) is 10.9. The van der Waals surface area contributed by atoms with Crippen LogP contribution in [0.3, 0.4) is 0 Å². The highest BCUT2D eigenvalue weighted by Gasteiger charge is 2.36. The van der Waals surface area contributed by atoms with Gasteiger partial charge in [0.15, 0.2) is 5.78 Å². The molecule has 40 heavy (non-hydrogen) atoms. The maximum Gasteiger partial charge on any atom is 0.171 e. The third kappa shape index (κ3) is 5.51. The van der Waals surface area contributed by atoms with Crippen LogP contribution in [0, 0.1) is 0 Å². The van der Waals surface area contributed by atoms with Crippen LogP contribution in [0.1, 0.15) is 61.8 Å². The number of benzene rings is 2. The zero-order chi connectivity index (χ0) is 28.8. The standard InChI is InChI=1S/C30H30Cl2N4O4/c1-16(2)36-29-27(25(38)15-30(3,4)33-29)28(34-36)18-7-6-17(26(11-18)39-5)10-20(37)13-21-14-24(35-40-21)22-9-8-19(31)12-23(22)32/h6-9,11-12,14,16,33H,10,13,15H2,1-5H3. The van der Waals surface area contributed by atoms with Crippen LogP contribution < -0.4 is 10.1 Å². The fourth-order valence-electron chi connectivity index (χ4n) is 4.98. The van der Waals surface area contributed by atoms with Crippen molar-refractivity contribution in [2.24, 2.45) is 0 Å². The lowest BCUT2D eigenvalue weighted by atomic mass is 9.88. The van der Waals surface area contributed by atoms with Crippen molar-refractivity contribution in [1.29, 1.82) is 0 Å². The lowest BCUT2D eigenvalue weighted by Gasteiger charge is -2.32. The van der Waals surface area contributed by atoms with Gasteiger partial charge in [-0.2, -0.15) is 5.10 Å². The van der Waals surface area contributed by atoms with Crippen LogP contribution >= 0.6 is 23.2 Å². The molecule has 3 heterocycles. The van der Waals surface area contributed by atoms with Gasteiger partial charge < -0.3 is 14.6 Å². The van der Waals surface area contributed by atoms with E-state index < -0.39 is 0 Å². The maximum atomic E-state index is 13.2. The number of anilines is 1. The topological polar surface area (TPSA) is 99.2 Å². The number of Topliss-reactive ketones (excluding diaryl/α,β-unsaturated/α-hetero) is 2. The summed E-state index contributed by atoms with van der Waals surface area (Å²) in [5.74, 6) is 1.68. The van der Waals surface area contributed by atoms with Crippen molar-refractivity contribution in [1.82, 2.24) is 14.9 Å². The minimum Gasteiger partial charge on any atom is -0.496 e. The van der Waals surface area contributed by atoms with Gasteiger partial charge in [0.2, 0.25) is 0 Å². The van der Waals surface area contributed by atoms with Crippen LogP contribution in [0.4, 0.5) is 5.82 Å². The van der Waals surface area contributed by atoms with Gasteiger partial charge in [-0.05, 0) is 52.0 Å². The number of carbonyl (C=O) groups excluding carboxylic acids is 2. The molecule has 2 aromatic carbocycles. The predicted octanol–water partition coefficient (Wildman–Crippen LogP) is 7.23. The second kappa shape index (κ2) is 10.7. The first-order valence-corrected chi connectivity index (χ1v) is 13.7. The molecule has 0 radical (unpaired) electrons. The normalized spacial score (nSPS) is 14.2. The summed E-state index contributed by atoms with van der Waals surface area (Å²) in [6.07, 6.45) is 0.563. The van der Waals surface area contributed by atoms with Crippen LogP contribution in [0.2, 0.25) is 10.0 Å². The Balaban J connectivity index is 1.37. The SMILES string of the molecule is COc1cc(-c2nn(C(C)C)c3c2C(=O)CC(C)(C)N3)ccc1CC(=O)Cc1cc(-c2ccc(Cl)cc2Cl)no1. The van der Waals surface area contributed by atoms with E-state index in [9.17, 15) is 9.59 Å². The molecule has 0 amide bonds. The van der Waals surface area contributed by atoms with Crippen molar-refractivity contribution in [2.75, 3.05) is 12.4 Å². The lowest BCUT2D eigenvalue weighted by Crippen LogP contribution is -2.39. The summed E-state index contributed by atoms with van der Waals surface area (Å²) in [7, 11) is 1.56. The Bertz CT molecular complexity index is 1620. The number of nitrogens with zero attached hydrogens (tertiary/aromatic N) is 3. The molecule has 1 N–H and O–H groups in total. The van der Waals surface area contributed by atoms with Gasteiger partial charge in [0.1, 0.15) is 34.5 Å². The van der Waals surface area contributed by atoms with Gasteiger partial charge in [-0.1, -0.05) is 40.5 Å². The Morgan fingerprint density at radius 1 is 1.15 bits per heavy atom. The number of halogens is 2. The van der Waals surface area contributed by atoms with Crippen molar-refractivity contribution >= 4 is 40.6 Å². The number of aromatic nitrogens is 3. The smallest absolute Gasteiger partial charge is 0.171 e. The van der Waals surface area contributed by atoms with Crippen molar-refractivity contribution < 1.29 is 18.8 Å². The number of fused-ring (bicyclic) bond motifs is 1. The first-order chi connectivity index (χ1) is 19.0. The Morgan fingerprint density at radius 3 is 2.62 bits per heavy atom. The third-order valence-corrected chi connectivity index (χ3v) is 7.37. The molecule has 0 saturated heterocycles. The second-order valence-corrected chi connectivity index (χ2v) is 11.8. The molecule has 208 valence electrons. The Kier molecular flexibility index (Phi) is 7.50. The maximum absolute atomic E-state index is 13.2. The number of ketones is 2. The predicted molar refractivity (Wildman–Crippen MR) is 156 cm³/mol. The molecule has 0 aliphatic carbocycles. The summed E-state index contributed by atoms with van der Waals surface area (Å²) < 4.78 is 12.9. The molecule has 8 nitrogen and oxygen atoms in total.